The molecule has 2 N–H and O–H groups in total. The number of piperidine rings is 1. The standard InChI is InChI=1S/C16H23F3N2O/c17-16(18,19)15-3-1-13(2-4-15)11-20-12-14-5-7-21(8-6-14)9-10-22/h1-4,14,20,22H,5-12H2. The molecule has 0 bridgehead atoms. The quantitative estimate of drug-likeness (QED) is 0.846. The minimum atomic E-state index is -4.27. The molecule has 1 fully saturated rings. The largest absolute Gasteiger partial charge is 0.416 e. The van der Waals surface area contributed by atoms with Gasteiger partial charge in [0, 0.05) is 13.1 Å². The Labute approximate surface area is 129 Å². The molecule has 0 atom stereocenters. The summed E-state index contributed by atoms with van der Waals surface area (Å²) in [7, 11) is 0. The maximum absolute atomic E-state index is 12.5. The van der Waals surface area contributed by atoms with Crippen LogP contribution in [0.15, 0.2) is 24.3 Å². The van der Waals surface area contributed by atoms with Gasteiger partial charge in [0.15, 0.2) is 0 Å². The molecular weight excluding hydrogens is 293 g/mol. The summed E-state index contributed by atoms with van der Waals surface area (Å²) in [6.07, 6.45) is -2.07. The third-order valence-electron chi connectivity index (χ3n) is 4.17. The van der Waals surface area contributed by atoms with Crippen LogP contribution in [0, 0.1) is 5.92 Å². The number of aliphatic hydroxyl groups excluding tert-OH is 1. The zero-order valence-corrected chi connectivity index (χ0v) is 12.6. The molecule has 0 spiro atoms. The number of halogens is 3. The van der Waals surface area contributed by atoms with Crippen LogP contribution < -0.4 is 5.32 Å². The number of alkyl halides is 3. The summed E-state index contributed by atoms with van der Waals surface area (Å²) in [4.78, 5) is 2.26. The minimum absolute atomic E-state index is 0.205. The van der Waals surface area contributed by atoms with E-state index in [9.17, 15) is 13.2 Å². The molecule has 1 aliphatic rings. The maximum Gasteiger partial charge on any atom is 0.416 e. The highest BCUT2D eigenvalue weighted by Crippen LogP contribution is 2.29. The molecular formula is C16H23F3N2O. The van der Waals surface area contributed by atoms with Gasteiger partial charge in [-0.3, -0.25) is 0 Å². The number of hydrogen-bond acceptors (Lipinski definition) is 3. The molecule has 2 rings (SSSR count). The van der Waals surface area contributed by atoms with Crippen molar-refractivity contribution in [2.75, 3.05) is 32.8 Å². The molecule has 0 radical (unpaired) electrons. The number of benzene rings is 1. The average molecular weight is 316 g/mol. The van der Waals surface area contributed by atoms with E-state index in [1.807, 2.05) is 0 Å². The van der Waals surface area contributed by atoms with Gasteiger partial charge >= 0.3 is 6.18 Å². The summed E-state index contributed by atoms with van der Waals surface area (Å²) < 4.78 is 37.4. The Morgan fingerprint density at radius 1 is 1.14 bits per heavy atom. The van der Waals surface area contributed by atoms with Crippen LogP contribution in [0.4, 0.5) is 13.2 Å². The van der Waals surface area contributed by atoms with Crippen LogP contribution in [0.3, 0.4) is 0 Å². The summed E-state index contributed by atoms with van der Waals surface area (Å²) in [5.41, 5.74) is 0.262. The molecule has 1 heterocycles. The molecule has 6 heteroatoms. The lowest BCUT2D eigenvalue weighted by Crippen LogP contribution is -2.38. The van der Waals surface area contributed by atoms with Crippen LogP contribution in [-0.4, -0.2) is 42.8 Å². The summed E-state index contributed by atoms with van der Waals surface area (Å²) >= 11 is 0. The molecule has 124 valence electrons. The van der Waals surface area contributed by atoms with Crippen LogP contribution in [0.1, 0.15) is 24.0 Å². The molecule has 0 aromatic heterocycles. The first-order valence-corrected chi connectivity index (χ1v) is 7.69. The van der Waals surface area contributed by atoms with Crippen LogP contribution in [0.25, 0.3) is 0 Å². The van der Waals surface area contributed by atoms with Gasteiger partial charge in [-0.2, -0.15) is 13.2 Å². The number of likely N-dealkylation sites (tertiary alicyclic amines) is 1. The first-order chi connectivity index (χ1) is 10.5. The maximum atomic E-state index is 12.5. The van der Waals surface area contributed by atoms with Crippen molar-refractivity contribution < 1.29 is 18.3 Å². The van der Waals surface area contributed by atoms with Crippen molar-refractivity contribution in [3.05, 3.63) is 35.4 Å². The highest BCUT2D eigenvalue weighted by molar-refractivity contribution is 5.24. The second-order valence-electron chi connectivity index (χ2n) is 5.83. The first-order valence-electron chi connectivity index (χ1n) is 7.69. The molecule has 1 saturated heterocycles. The molecule has 22 heavy (non-hydrogen) atoms. The van der Waals surface area contributed by atoms with E-state index in [1.165, 1.54) is 12.1 Å². The van der Waals surface area contributed by atoms with Gasteiger partial charge in [0.1, 0.15) is 0 Å². The zero-order valence-electron chi connectivity index (χ0n) is 12.6. The van der Waals surface area contributed by atoms with Gasteiger partial charge in [-0.25, -0.2) is 0 Å². The van der Waals surface area contributed by atoms with Gasteiger partial charge in [0.2, 0.25) is 0 Å². The van der Waals surface area contributed by atoms with Crippen LogP contribution >= 0.6 is 0 Å². The van der Waals surface area contributed by atoms with Gasteiger partial charge in [0.25, 0.3) is 0 Å². The fraction of sp³-hybridized carbons (Fsp3) is 0.625. The fourth-order valence-electron chi connectivity index (χ4n) is 2.79. The van der Waals surface area contributed by atoms with E-state index in [4.69, 9.17) is 5.11 Å². The normalized spacial score (nSPS) is 17.8. The Hall–Kier alpha value is -1.11. The Morgan fingerprint density at radius 3 is 2.32 bits per heavy atom. The van der Waals surface area contributed by atoms with E-state index >= 15 is 0 Å². The fourth-order valence-corrected chi connectivity index (χ4v) is 2.79. The lowest BCUT2D eigenvalue weighted by molar-refractivity contribution is -0.137. The van der Waals surface area contributed by atoms with E-state index in [-0.39, 0.29) is 6.61 Å². The van der Waals surface area contributed by atoms with Crippen molar-refractivity contribution in [1.29, 1.82) is 0 Å². The molecule has 0 saturated carbocycles. The minimum Gasteiger partial charge on any atom is -0.395 e. The van der Waals surface area contributed by atoms with E-state index in [1.54, 1.807) is 0 Å². The van der Waals surface area contributed by atoms with Gasteiger partial charge < -0.3 is 15.3 Å². The average Bonchev–Trinajstić information content (AvgIpc) is 2.49. The van der Waals surface area contributed by atoms with Gasteiger partial charge in [-0.05, 0) is 56.1 Å². The summed E-state index contributed by atoms with van der Waals surface area (Å²) in [6, 6.07) is 5.31. The van der Waals surface area contributed by atoms with Crippen LogP contribution in [0.2, 0.25) is 0 Å². The summed E-state index contributed by atoms with van der Waals surface area (Å²) in [5, 5.41) is 12.2. The van der Waals surface area contributed by atoms with Crippen molar-refractivity contribution >= 4 is 0 Å². The zero-order chi connectivity index (χ0) is 16.0. The van der Waals surface area contributed by atoms with Gasteiger partial charge in [-0.15, -0.1) is 0 Å². The third-order valence-corrected chi connectivity index (χ3v) is 4.17. The van der Waals surface area contributed by atoms with Crippen molar-refractivity contribution in [3.8, 4) is 0 Å². The predicted molar refractivity (Wildman–Crippen MR) is 79.4 cm³/mol. The van der Waals surface area contributed by atoms with Crippen LogP contribution in [-0.2, 0) is 12.7 Å². The molecule has 3 nitrogen and oxygen atoms in total. The van der Waals surface area contributed by atoms with E-state index in [0.717, 1.165) is 56.7 Å². The third kappa shape index (κ3) is 5.26. The number of hydrogen-bond donors (Lipinski definition) is 2. The predicted octanol–water partition coefficient (Wildman–Crippen LogP) is 2.50. The SMILES string of the molecule is OCCN1CCC(CNCc2ccc(C(F)(F)F)cc2)CC1. The monoisotopic (exact) mass is 316 g/mol. The first kappa shape index (κ1) is 17.2. The van der Waals surface area contributed by atoms with Gasteiger partial charge in [0.05, 0.1) is 12.2 Å². The lowest BCUT2D eigenvalue weighted by atomic mass is 9.96. The van der Waals surface area contributed by atoms with E-state index in [0.29, 0.717) is 12.5 Å². The summed E-state index contributed by atoms with van der Waals surface area (Å²) in [5.74, 6) is 0.601. The number of β-amino-alcohol motifs (C(OH)–C–C–N with tert-alkyl or cyclic N) is 1. The smallest absolute Gasteiger partial charge is 0.395 e. The van der Waals surface area contributed by atoms with Crippen molar-refractivity contribution in [1.82, 2.24) is 10.2 Å². The van der Waals surface area contributed by atoms with Crippen LogP contribution in [0.5, 0.6) is 0 Å². The second-order valence-corrected chi connectivity index (χ2v) is 5.83. The lowest BCUT2D eigenvalue weighted by Gasteiger charge is -2.31. The van der Waals surface area contributed by atoms with Crippen molar-refractivity contribution in [2.24, 2.45) is 5.92 Å². The Kier molecular flexibility index (Phi) is 6.23. The molecule has 0 unspecified atom stereocenters. The Balaban J connectivity index is 1.69. The molecule has 0 amide bonds. The number of rotatable bonds is 6. The number of aliphatic hydroxyl groups is 1. The number of nitrogens with zero attached hydrogens (tertiary/aromatic N) is 1. The summed E-state index contributed by atoms with van der Waals surface area (Å²) in [6.45, 7) is 4.44. The molecule has 1 aromatic carbocycles. The molecule has 0 aliphatic carbocycles. The second kappa shape index (κ2) is 7.94. The van der Waals surface area contributed by atoms with E-state index in [2.05, 4.69) is 10.2 Å². The highest BCUT2D eigenvalue weighted by atomic mass is 19.4. The topological polar surface area (TPSA) is 35.5 Å². The van der Waals surface area contributed by atoms with E-state index < -0.39 is 11.7 Å². The van der Waals surface area contributed by atoms with Crippen molar-refractivity contribution in [2.45, 2.75) is 25.6 Å². The van der Waals surface area contributed by atoms with Crippen molar-refractivity contribution in [3.63, 3.8) is 0 Å². The Bertz CT molecular complexity index is 440. The number of nitrogens with one attached hydrogen (secondary N) is 1. The Morgan fingerprint density at radius 2 is 1.77 bits per heavy atom. The van der Waals surface area contributed by atoms with Gasteiger partial charge in [-0.1, -0.05) is 12.1 Å². The molecule has 1 aliphatic heterocycles. The highest BCUT2D eigenvalue weighted by Gasteiger charge is 2.29. The molecule has 1 aromatic rings.